The Balaban J connectivity index is 1.51. The molecule has 2 aliphatic rings. The number of benzene rings is 1. The minimum Gasteiger partial charge on any atom is -0.311 e. The van der Waals surface area contributed by atoms with Crippen LogP contribution in [0.2, 0.25) is 0 Å². The van der Waals surface area contributed by atoms with E-state index >= 15 is 0 Å². The molecule has 0 atom stereocenters. The van der Waals surface area contributed by atoms with E-state index in [4.69, 9.17) is 0 Å². The van der Waals surface area contributed by atoms with Gasteiger partial charge < -0.3 is 5.32 Å². The van der Waals surface area contributed by atoms with Crippen molar-refractivity contribution in [1.29, 1.82) is 0 Å². The molecule has 0 aromatic heterocycles. The van der Waals surface area contributed by atoms with Crippen molar-refractivity contribution in [3.05, 3.63) is 35.4 Å². The van der Waals surface area contributed by atoms with Gasteiger partial charge in [0, 0.05) is 17.3 Å². The molecule has 2 aliphatic carbocycles. The van der Waals surface area contributed by atoms with Crippen molar-refractivity contribution in [2.24, 2.45) is 0 Å². The number of nitrogens with one attached hydrogen (secondary N) is 1. The lowest BCUT2D eigenvalue weighted by atomic mass is 9.94. The van der Waals surface area contributed by atoms with Gasteiger partial charge in [0.25, 0.3) is 0 Å². The highest BCUT2D eigenvalue weighted by Gasteiger charge is 2.26. The second-order valence-electron chi connectivity index (χ2n) is 5.75. The lowest BCUT2D eigenvalue weighted by Gasteiger charge is -2.30. The summed E-state index contributed by atoms with van der Waals surface area (Å²) < 4.78 is 0. The van der Waals surface area contributed by atoms with E-state index < -0.39 is 0 Å². The SMILES string of the molecule is CSC1CCC(NC2Cc3ccccc3C2)CC1. The Hall–Kier alpha value is -0.470. The van der Waals surface area contributed by atoms with Crippen LogP contribution in [-0.4, -0.2) is 23.6 Å². The highest BCUT2D eigenvalue weighted by Crippen LogP contribution is 2.28. The van der Waals surface area contributed by atoms with Crippen molar-refractivity contribution < 1.29 is 0 Å². The summed E-state index contributed by atoms with van der Waals surface area (Å²) in [7, 11) is 0. The molecule has 1 saturated carbocycles. The molecule has 1 aromatic carbocycles. The summed E-state index contributed by atoms with van der Waals surface area (Å²) in [6.45, 7) is 0. The van der Waals surface area contributed by atoms with Crippen molar-refractivity contribution in [1.82, 2.24) is 5.32 Å². The Kier molecular flexibility index (Phi) is 3.95. The molecule has 0 amide bonds. The standard InChI is InChI=1S/C16H23NS/c1-18-16-8-6-14(7-9-16)17-15-10-12-4-2-3-5-13(12)11-15/h2-5,14-17H,6-11H2,1H3. The van der Waals surface area contributed by atoms with Gasteiger partial charge in [-0.1, -0.05) is 24.3 Å². The van der Waals surface area contributed by atoms with Gasteiger partial charge in [-0.05, 0) is 55.9 Å². The van der Waals surface area contributed by atoms with E-state index in [9.17, 15) is 0 Å². The summed E-state index contributed by atoms with van der Waals surface area (Å²) >= 11 is 2.05. The van der Waals surface area contributed by atoms with Crippen LogP contribution in [-0.2, 0) is 12.8 Å². The predicted molar refractivity (Wildman–Crippen MR) is 80.3 cm³/mol. The number of fused-ring (bicyclic) bond motifs is 1. The molecule has 1 fully saturated rings. The van der Waals surface area contributed by atoms with E-state index in [2.05, 4.69) is 47.6 Å². The zero-order chi connectivity index (χ0) is 12.4. The average Bonchev–Trinajstić information content (AvgIpc) is 2.82. The number of thioether (sulfide) groups is 1. The first-order chi connectivity index (χ1) is 8.85. The van der Waals surface area contributed by atoms with Crippen LogP contribution in [0.3, 0.4) is 0 Å². The van der Waals surface area contributed by atoms with Crippen molar-refractivity contribution in [2.45, 2.75) is 55.9 Å². The highest BCUT2D eigenvalue weighted by atomic mass is 32.2. The highest BCUT2D eigenvalue weighted by molar-refractivity contribution is 7.99. The van der Waals surface area contributed by atoms with Crippen molar-refractivity contribution >= 4 is 11.8 Å². The normalized spacial score (nSPS) is 28.3. The van der Waals surface area contributed by atoms with Crippen molar-refractivity contribution in [3.8, 4) is 0 Å². The van der Waals surface area contributed by atoms with Gasteiger partial charge in [-0.25, -0.2) is 0 Å². The first-order valence-corrected chi connectivity index (χ1v) is 8.49. The van der Waals surface area contributed by atoms with Crippen LogP contribution in [0, 0.1) is 0 Å². The van der Waals surface area contributed by atoms with Gasteiger partial charge >= 0.3 is 0 Å². The molecule has 0 aliphatic heterocycles. The van der Waals surface area contributed by atoms with Gasteiger partial charge in [0.05, 0.1) is 0 Å². The Bertz CT molecular complexity index is 371. The third-order valence-electron chi connectivity index (χ3n) is 4.53. The lowest BCUT2D eigenvalue weighted by Crippen LogP contribution is -2.41. The smallest absolute Gasteiger partial charge is 0.0151 e. The predicted octanol–water partition coefficient (Wildman–Crippen LogP) is 3.42. The van der Waals surface area contributed by atoms with E-state index in [1.54, 1.807) is 11.1 Å². The summed E-state index contributed by atoms with van der Waals surface area (Å²) in [5, 5.41) is 4.82. The van der Waals surface area contributed by atoms with Crippen LogP contribution < -0.4 is 5.32 Å². The second-order valence-corrected chi connectivity index (χ2v) is 6.89. The van der Waals surface area contributed by atoms with Gasteiger partial charge in [-0.15, -0.1) is 0 Å². The molecular formula is C16H23NS. The first kappa shape index (κ1) is 12.6. The molecule has 0 radical (unpaired) electrons. The van der Waals surface area contributed by atoms with Crippen LogP contribution in [0.5, 0.6) is 0 Å². The Morgan fingerprint density at radius 1 is 0.944 bits per heavy atom. The molecule has 1 N–H and O–H groups in total. The van der Waals surface area contributed by atoms with Crippen LogP contribution in [0.1, 0.15) is 36.8 Å². The molecule has 0 saturated heterocycles. The van der Waals surface area contributed by atoms with Crippen molar-refractivity contribution in [2.75, 3.05) is 6.26 Å². The topological polar surface area (TPSA) is 12.0 Å². The Morgan fingerprint density at radius 3 is 2.11 bits per heavy atom. The molecule has 0 heterocycles. The van der Waals surface area contributed by atoms with Crippen LogP contribution >= 0.6 is 11.8 Å². The van der Waals surface area contributed by atoms with Gasteiger partial charge in [0.15, 0.2) is 0 Å². The van der Waals surface area contributed by atoms with Crippen molar-refractivity contribution in [3.63, 3.8) is 0 Å². The van der Waals surface area contributed by atoms with E-state index in [1.165, 1.54) is 38.5 Å². The maximum atomic E-state index is 3.90. The van der Waals surface area contributed by atoms with E-state index in [0.29, 0.717) is 6.04 Å². The van der Waals surface area contributed by atoms with E-state index in [0.717, 1.165) is 11.3 Å². The van der Waals surface area contributed by atoms with Gasteiger partial charge in [0.2, 0.25) is 0 Å². The average molecular weight is 261 g/mol. The number of rotatable bonds is 3. The zero-order valence-electron chi connectivity index (χ0n) is 11.2. The fourth-order valence-corrected chi connectivity index (χ4v) is 4.22. The molecule has 1 aromatic rings. The minimum atomic E-state index is 0.693. The lowest BCUT2D eigenvalue weighted by molar-refractivity contribution is 0.344. The van der Waals surface area contributed by atoms with Gasteiger partial charge in [0.1, 0.15) is 0 Å². The molecule has 18 heavy (non-hydrogen) atoms. The molecule has 1 nitrogen and oxygen atoms in total. The summed E-state index contributed by atoms with van der Waals surface area (Å²) in [4.78, 5) is 0. The molecule has 2 heteroatoms. The Labute approximate surface area is 115 Å². The fourth-order valence-electron chi connectivity index (χ4n) is 3.48. The maximum absolute atomic E-state index is 3.90. The summed E-state index contributed by atoms with van der Waals surface area (Å²) in [5.41, 5.74) is 3.13. The van der Waals surface area contributed by atoms with Gasteiger partial charge in [-0.3, -0.25) is 0 Å². The summed E-state index contributed by atoms with van der Waals surface area (Å²) in [6.07, 6.45) is 10.3. The summed E-state index contributed by atoms with van der Waals surface area (Å²) in [6, 6.07) is 10.4. The fraction of sp³-hybridized carbons (Fsp3) is 0.625. The van der Waals surface area contributed by atoms with E-state index in [1.807, 2.05) is 0 Å². The number of hydrogen-bond acceptors (Lipinski definition) is 2. The quantitative estimate of drug-likeness (QED) is 0.895. The molecular weight excluding hydrogens is 238 g/mol. The largest absolute Gasteiger partial charge is 0.311 e. The van der Waals surface area contributed by atoms with E-state index in [-0.39, 0.29) is 0 Å². The third-order valence-corrected chi connectivity index (χ3v) is 5.67. The minimum absolute atomic E-state index is 0.693. The molecule has 0 bridgehead atoms. The number of hydrogen-bond donors (Lipinski definition) is 1. The van der Waals surface area contributed by atoms with Gasteiger partial charge in [-0.2, -0.15) is 11.8 Å². The maximum Gasteiger partial charge on any atom is 0.0151 e. The zero-order valence-corrected chi connectivity index (χ0v) is 12.0. The van der Waals surface area contributed by atoms with Crippen LogP contribution in [0.4, 0.5) is 0 Å². The molecule has 0 spiro atoms. The molecule has 98 valence electrons. The summed E-state index contributed by atoms with van der Waals surface area (Å²) in [5.74, 6) is 0. The van der Waals surface area contributed by atoms with Crippen LogP contribution in [0.25, 0.3) is 0 Å². The molecule has 3 rings (SSSR count). The first-order valence-electron chi connectivity index (χ1n) is 7.21. The third kappa shape index (κ3) is 2.75. The second kappa shape index (κ2) is 5.66. The molecule has 0 unspecified atom stereocenters. The monoisotopic (exact) mass is 261 g/mol. The Morgan fingerprint density at radius 2 is 1.56 bits per heavy atom. The van der Waals surface area contributed by atoms with Crippen LogP contribution in [0.15, 0.2) is 24.3 Å².